The van der Waals surface area contributed by atoms with Gasteiger partial charge in [0.1, 0.15) is 19.0 Å². The Morgan fingerprint density at radius 1 is 0.968 bits per heavy atom. The highest BCUT2D eigenvalue weighted by atomic mass is 35.5. The molecule has 160 valence electrons. The maximum Gasteiger partial charge on any atom is 0.338 e. The fraction of sp³-hybridized carbons (Fsp3) is 0.269. The van der Waals surface area contributed by atoms with Gasteiger partial charge in [-0.25, -0.2) is 4.79 Å². The number of carbonyl (C=O) groups excluding carboxylic acids is 1. The molecule has 0 aliphatic carbocycles. The van der Waals surface area contributed by atoms with Gasteiger partial charge in [0.2, 0.25) is 0 Å². The highest BCUT2D eigenvalue weighted by Gasteiger charge is 2.37. The first-order chi connectivity index (χ1) is 14.9. The minimum Gasteiger partial charge on any atom is -0.491 e. The van der Waals surface area contributed by atoms with E-state index in [4.69, 9.17) is 21.1 Å². The molecule has 3 aromatic carbocycles. The fourth-order valence-electron chi connectivity index (χ4n) is 4.27. The largest absolute Gasteiger partial charge is 0.491 e. The molecule has 0 saturated heterocycles. The molecule has 1 heterocycles. The molecule has 0 aromatic heterocycles. The summed E-state index contributed by atoms with van der Waals surface area (Å²) in [5.74, 6) is 0.496. The number of aryl methyl sites for hydroxylation is 2. The Morgan fingerprint density at radius 2 is 1.71 bits per heavy atom. The first kappa shape index (κ1) is 21.3. The standard InChI is InChI=1S/C26H26ClNO3/c1-17-11-18(2)13-21(12-17)30-16-25-23(22-9-4-5-10-24(22)28(25)3)15-31-26(29)19-7-6-8-20(27)14-19/h4-14,23,25H,15-16H2,1-3H3/t23-,25+/m1/s1. The lowest BCUT2D eigenvalue weighted by molar-refractivity contribution is 0.0464. The lowest BCUT2D eigenvalue weighted by Gasteiger charge is -2.27. The quantitative estimate of drug-likeness (QED) is 0.459. The van der Waals surface area contributed by atoms with Crippen molar-refractivity contribution in [2.24, 2.45) is 0 Å². The highest BCUT2D eigenvalue weighted by molar-refractivity contribution is 6.30. The Morgan fingerprint density at radius 3 is 2.45 bits per heavy atom. The average molecular weight is 436 g/mol. The monoisotopic (exact) mass is 435 g/mol. The second kappa shape index (κ2) is 9.03. The summed E-state index contributed by atoms with van der Waals surface area (Å²) in [6.45, 7) is 4.89. The first-order valence-corrected chi connectivity index (χ1v) is 10.8. The number of rotatable bonds is 6. The van der Waals surface area contributed by atoms with Crippen molar-refractivity contribution in [3.63, 3.8) is 0 Å². The summed E-state index contributed by atoms with van der Waals surface area (Å²) in [6, 6.07) is 21.3. The number of ether oxygens (including phenoxy) is 2. The van der Waals surface area contributed by atoms with Gasteiger partial charge < -0.3 is 14.4 Å². The summed E-state index contributed by atoms with van der Waals surface area (Å²) < 4.78 is 11.9. The molecular weight excluding hydrogens is 410 g/mol. The van der Waals surface area contributed by atoms with Crippen molar-refractivity contribution >= 4 is 23.3 Å². The van der Waals surface area contributed by atoms with E-state index in [2.05, 4.69) is 44.0 Å². The van der Waals surface area contributed by atoms with Gasteiger partial charge in [-0.15, -0.1) is 0 Å². The molecule has 0 fully saturated rings. The van der Waals surface area contributed by atoms with Gasteiger partial charge in [-0.3, -0.25) is 0 Å². The molecule has 0 unspecified atom stereocenters. The summed E-state index contributed by atoms with van der Waals surface area (Å²) in [6.07, 6.45) is 0. The Hall–Kier alpha value is -2.98. The van der Waals surface area contributed by atoms with Crippen LogP contribution in [0.4, 0.5) is 5.69 Å². The van der Waals surface area contributed by atoms with Gasteiger partial charge >= 0.3 is 5.97 Å². The molecule has 0 amide bonds. The van der Waals surface area contributed by atoms with Gasteiger partial charge in [0.25, 0.3) is 0 Å². The van der Waals surface area contributed by atoms with Crippen LogP contribution in [-0.4, -0.2) is 32.3 Å². The number of carbonyl (C=O) groups is 1. The molecule has 1 aliphatic heterocycles. The van der Waals surface area contributed by atoms with E-state index in [1.807, 2.05) is 24.3 Å². The molecule has 4 rings (SSSR count). The smallest absolute Gasteiger partial charge is 0.338 e. The lowest BCUT2D eigenvalue weighted by Crippen LogP contribution is -2.38. The Bertz CT molecular complexity index is 1080. The van der Waals surface area contributed by atoms with Crippen LogP contribution in [-0.2, 0) is 4.74 Å². The van der Waals surface area contributed by atoms with Crippen LogP contribution in [0.3, 0.4) is 0 Å². The molecule has 2 atom stereocenters. The van der Waals surface area contributed by atoms with E-state index in [-0.39, 0.29) is 24.5 Å². The van der Waals surface area contributed by atoms with Crippen LogP contribution in [0.1, 0.15) is 33.0 Å². The van der Waals surface area contributed by atoms with Crippen LogP contribution >= 0.6 is 11.6 Å². The van der Waals surface area contributed by atoms with E-state index in [9.17, 15) is 4.79 Å². The van der Waals surface area contributed by atoms with E-state index < -0.39 is 0 Å². The molecule has 1 aliphatic rings. The number of fused-ring (bicyclic) bond motifs is 1. The van der Waals surface area contributed by atoms with Crippen molar-refractivity contribution in [2.75, 3.05) is 25.2 Å². The Balaban J connectivity index is 1.51. The Kier molecular flexibility index (Phi) is 6.19. The third kappa shape index (κ3) is 4.70. The fourth-order valence-corrected chi connectivity index (χ4v) is 4.46. The van der Waals surface area contributed by atoms with Crippen LogP contribution in [0.2, 0.25) is 5.02 Å². The van der Waals surface area contributed by atoms with Gasteiger partial charge in [0.15, 0.2) is 0 Å². The maximum atomic E-state index is 12.6. The summed E-state index contributed by atoms with van der Waals surface area (Å²) in [4.78, 5) is 14.8. The predicted octanol–water partition coefficient (Wildman–Crippen LogP) is 5.79. The summed E-state index contributed by atoms with van der Waals surface area (Å²) in [5.41, 5.74) is 5.10. The van der Waals surface area contributed by atoms with Crippen LogP contribution in [0.25, 0.3) is 0 Å². The van der Waals surface area contributed by atoms with E-state index in [1.165, 1.54) is 11.1 Å². The summed E-state index contributed by atoms with van der Waals surface area (Å²) >= 11 is 6.02. The molecule has 0 radical (unpaired) electrons. The second-order valence-corrected chi connectivity index (χ2v) is 8.52. The topological polar surface area (TPSA) is 38.8 Å². The van der Waals surface area contributed by atoms with Gasteiger partial charge in [0.05, 0.1) is 11.6 Å². The first-order valence-electron chi connectivity index (χ1n) is 10.4. The van der Waals surface area contributed by atoms with Crippen LogP contribution < -0.4 is 9.64 Å². The highest BCUT2D eigenvalue weighted by Crippen LogP contribution is 2.40. The van der Waals surface area contributed by atoms with E-state index >= 15 is 0 Å². The van der Waals surface area contributed by atoms with Gasteiger partial charge in [-0.2, -0.15) is 0 Å². The molecule has 0 spiro atoms. The van der Waals surface area contributed by atoms with Crippen molar-refractivity contribution in [3.8, 4) is 5.75 Å². The zero-order valence-corrected chi connectivity index (χ0v) is 18.7. The second-order valence-electron chi connectivity index (χ2n) is 8.09. The number of halogens is 1. The van der Waals surface area contributed by atoms with Crippen LogP contribution in [0, 0.1) is 13.8 Å². The molecule has 31 heavy (non-hydrogen) atoms. The number of nitrogens with zero attached hydrogens (tertiary/aromatic N) is 1. The normalized spacial score (nSPS) is 17.4. The maximum absolute atomic E-state index is 12.6. The van der Waals surface area contributed by atoms with Crippen molar-refractivity contribution in [3.05, 3.63) is 94.0 Å². The SMILES string of the molecule is Cc1cc(C)cc(OC[C@H]2[C@H](COC(=O)c3cccc(Cl)c3)c3ccccc3N2C)c1. The summed E-state index contributed by atoms with van der Waals surface area (Å²) in [7, 11) is 2.06. The lowest BCUT2D eigenvalue weighted by atomic mass is 9.96. The van der Waals surface area contributed by atoms with Crippen molar-refractivity contribution < 1.29 is 14.3 Å². The molecule has 0 saturated carbocycles. The number of hydrogen-bond acceptors (Lipinski definition) is 4. The van der Waals surface area contributed by atoms with Gasteiger partial charge in [-0.05, 0) is 66.9 Å². The Labute approximate surface area is 188 Å². The number of esters is 1. The number of benzene rings is 3. The molecule has 3 aromatic rings. The molecular formula is C26H26ClNO3. The van der Waals surface area contributed by atoms with E-state index in [1.54, 1.807) is 24.3 Å². The minimum atomic E-state index is -0.372. The zero-order valence-electron chi connectivity index (χ0n) is 18.0. The third-order valence-electron chi connectivity index (χ3n) is 5.75. The van der Waals surface area contributed by atoms with Crippen molar-refractivity contribution in [1.29, 1.82) is 0 Å². The predicted molar refractivity (Wildman–Crippen MR) is 125 cm³/mol. The van der Waals surface area contributed by atoms with Crippen molar-refractivity contribution in [2.45, 2.75) is 25.8 Å². The summed E-state index contributed by atoms with van der Waals surface area (Å²) in [5, 5.41) is 0.514. The number of anilines is 1. The third-order valence-corrected chi connectivity index (χ3v) is 5.98. The van der Waals surface area contributed by atoms with Crippen LogP contribution in [0.15, 0.2) is 66.7 Å². The van der Waals surface area contributed by atoms with Gasteiger partial charge in [0, 0.05) is 23.7 Å². The average Bonchev–Trinajstić information content (AvgIpc) is 3.01. The number of likely N-dealkylation sites (N-methyl/N-ethyl adjacent to an activating group) is 1. The molecule has 4 nitrogen and oxygen atoms in total. The van der Waals surface area contributed by atoms with E-state index in [0.29, 0.717) is 17.2 Å². The van der Waals surface area contributed by atoms with Crippen molar-refractivity contribution in [1.82, 2.24) is 0 Å². The number of para-hydroxylation sites is 1. The zero-order chi connectivity index (χ0) is 22.0. The molecule has 0 N–H and O–H groups in total. The minimum absolute atomic E-state index is 0.00948. The molecule has 0 bridgehead atoms. The van der Waals surface area contributed by atoms with Gasteiger partial charge in [-0.1, -0.05) is 41.9 Å². The van der Waals surface area contributed by atoms with E-state index in [0.717, 1.165) is 17.0 Å². The number of hydrogen-bond donors (Lipinski definition) is 0. The van der Waals surface area contributed by atoms with Crippen LogP contribution in [0.5, 0.6) is 5.75 Å². The molecule has 5 heteroatoms.